The van der Waals surface area contributed by atoms with Crippen LogP contribution in [0.3, 0.4) is 0 Å². The molecule has 3 heteroatoms. The number of hydrogen-bond acceptors (Lipinski definition) is 1. The maximum Gasteiger partial charge on any atom is 0.131 e. The third-order valence-electron chi connectivity index (χ3n) is 2.24. The third kappa shape index (κ3) is 2.27. The first-order chi connectivity index (χ1) is 6.79. The second-order valence-corrected chi connectivity index (χ2v) is 4.16. The van der Waals surface area contributed by atoms with Gasteiger partial charge in [-0.1, -0.05) is 12.1 Å². The average Bonchev–Trinajstić information content (AvgIpc) is 3.01. The number of amidine groups is 1. The van der Waals surface area contributed by atoms with Crippen LogP contribution in [0.2, 0.25) is 0 Å². The fourth-order valence-electron chi connectivity index (χ4n) is 1.28. The zero-order chi connectivity index (χ0) is 9.97. The Morgan fingerprint density at radius 2 is 1.93 bits per heavy atom. The van der Waals surface area contributed by atoms with Crippen molar-refractivity contribution >= 4 is 32.8 Å². The van der Waals surface area contributed by atoms with E-state index >= 15 is 0 Å². The maximum atomic E-state index is 4.46. The molecule has 0 heterocycles. The van der Waals surface area contributed by atoms with Gasteiger partial charge in [0, 0.05) is 5.92 Å². The van der Waals surface area contributed by atoms with Gasteiger partial charge in [-0.15, -0.1) is 9.24 Å². The fraction of sp³-hybridized carbons (Fsp3) is 0.273. The molecule has 1 aliphatic carbocycles. The molecule has 0 radical (unpaired) electrons. The van der Waals surface area contributed by atoms with Crippen LogP contribution >= 0.6 is 9.24 Å². The smallest absolute Gasteiger partial charge is 0.131 e. The average molecular weight is 204 g/mol. The molecule has 1 saturated carbocycles. The normalized spacial score (nSPS) is 16.8. The first-order valence-corrected chi connectivity index (χ1v) is 5.28. The van der Waals surface area contributed by atoms with E-state index in [9.17, 15) is 0 Å². The molecule has 1 aromatic carbocycles. The van der Waals surface area contributed by atoms with Crippen molar-refractivity contribution in [1.82, 2.24) is 0 Å². The van der Waals surface area contributed by atoms with Crippen LogP contribution in [0.1, 0.15) is 12.8 Å². The summed E-state index contributed by atoms with van der Waals surface area (Å²) < 4.78 is 0. The first-order valence-electron chi connectivity index (χ1n) is 4.70. The Morgan fingerprint density at radius 3 is 2.43 bits per heavy atom. The van der Waals surface area contributed by atoms with Gasteiger partial charge < -0.3 is 0 Å². The Kier molecular flexibility index (Phi) is 2.74. The van der Waals surface area contributed by atoms with Gasteiger partial charge in [0.25, 0.3) is 0 Å². The van der Waals surface area contributed by atoms with Gasteiger partial charge in [0.15, 0.2) is 0 Å². The minimum absolute atomic E-state index is 0.558. The Balaban J connectivity index is 2.21. The lowest BCUT2D eigenvalue weighted by Crippen LogP contribution is -1.95. The van der Waals surface area contributed by atoms with Crippen LogP contribution in [0.15, 0.2) is 34.3 Å². The van der Waals surface area contributed by atoms with Gasteiger partial charge in [-0.25, -0.2) is 9.98 Å². The topological polar surface area (TPSA) is 24.7 Å². The Bertz CT molecular complexity index is 363. The molecule has 0 N–H and O–H groups in total. The molecule has 1 fully saturated rings. The van der Waals surface area contributed by atoms with Crippen molar-refractivity contribution in [3.8, 4) is 0 Å². The highest BCUT2D eigenvalue weighted by Gasteiger charge is 2.26. The van der Waals surface area contributed by atoms with Crippen LogP contribution in [0.5, 0.6) is 0 Å². The van der Waals surface area contributed by atoms with Gasteiger partial charge in [-0.05, 0) is 37.0 Å². The quantitative estimate of drug-likeness (QED) is 0.401. The summed E-state index contributed by atoms with van der Waals surface area (Å²) in [6, 6.07) is 8.04. The molecule has 1 atom stereocenters. The van der Waals surface area contributed by atoms with E-state index in [1.54, 1.807) is 0 Å². The second kappa shape index (κ2) is 4.02. The highest BCUT2D eigenvalue weighted by atomic mass is 31.0. The lowest BCUT2D eigenvalue weighted by molar-refractivity contribution is 1.16. The molecule has 0 saturated heterocycles. The van der Waals surface area contributed by atoms with Crippen molar-refractivity contribution in [1.29, 1.82) is 0 Å². The number of hydrogen-bond donors (Lipinski definition) is 0. The second-order valence-electron chi connectivity index (χ2n) is 3.49. The highest BCUT2D eigenvalue weighted by Crippen LogP contribution is 2.32. The summed E-state index contributed by atoms with van der Waals surface area (Å²) in [7, 11) is 2.66. The van der Waals surface area contributed by atoms with E-state index < -0.39 is 0 Å². The van der Waals surface area contributed by atoms with Crippen LogP contribution < -0.4 is 5.30 Å². The molecule has 1 aromatic rings. The third-order valence-corrected chi connectivity index (χ3v) is 2.63. The summed E-state index contributed by atoms with van der Waals surface area (Å²) >= 11 is 0. The van der Waals surface area contributed by atoms with Crippen molar-refractivity contribution in [3.63, 3.8) is 0 Å². The molecule has 1 aliphatic rings. The van der Waals surface area contributed by atoms with Gasteiger partial charge >= 0.3 is 0 Å². The Labute approximate surface area is 86.4 Å². The van der Waals surface area contributed by atoms with Gasteiger partial charge in [0.1, 0.15) is 5.84 Å². The predicted molar refractivity (Wildman–Crippen MR) is 65.2 cm³/mol. The van der Waals surface area contributed by atoms with E-state index in [0.29, 0.717) is 5.92 Å². The van der Waals surface area contributed by atoms with Crippen LogP contribution in [-0.2, 0) is 0 Å². The van der Waals surface area contributed by atoms with Crippen LogP contribution in [0, 0.1) is 5.92 Å². The van der Waals surface area contributed by atoms with Crippen LogP contribution in [0.25, 0.3) is 0 Å². The van der Waals surface area contributed by atoms with Crippen molar-refractivity contribution in [2.45, 2.75) is 12.8 Å². The summed E-state index contributed by atoms with van der Waals surface area (Å²) in [5.41, 5.74) is 0.963. The fourth-order valence-corrected chi connectivity index (χ4v) is 1.47. The lowest BCUT2D eigenvalue weighted by Gasteiger charge is -1.98. The Hall–Kier alpha value is -1.01. The van der Waals surface area contributed by atoms with Crippen molar-refractivity contribution in [3.05, 3.63) is 24.3 Å². The zero-order valence-corrected chi connectivity index (χ0v) is 9.13. The molecule has 0 aromatic heterocycles. The van der Waals surface area contributed by atoms with E-state index in [1.165, 1.54) is 18.1 Å². The van der Waals surface area contributed by atoms with Crippen molar-refractivity contribution in [2.24, 2.45) is 15.9 Å². The molecule has 0 bridgehead atoms. The first kappa shape index (κ1) is 9.54. The molecule has 72 valence electrons. The molecule has 1 unspecified atom stereocenters. The SMILES string of the molecule is C=N/C(=N\c1ccc(P)cc1)C1CC1. The molecule has 0 amide bonds. The van der Waals surface area contributed by atoms with Crippen LogP contribution in [0.4, 0.5) is 5.69 Å². The monoisotopic (exact) mass is 204 g/mol. The minimum atomic E-state index is 0.558. The molecular weight excluding hydrogens is 191 g/mol. The summed E-state index contributed by atoms with van der Waals surface area (Å²) in [6.45, 7) is 3.55. The van der Waals surface area contributed by atoms with Gasteiger partial charge in [0.2, 0.25) is 0 Å². The van der Waals surface area contributed by atoms with Gasteiger partial charge in [0.05, 0.1) is 5.69 Å². The lowest BCUT2D eigenvalue weighted by atomic mass is 10.3. The zero-order valence-electron chi connectivity index (χ0n) is 7.98. The molecule has 0 aliphatic heterocycles. The van der Waals surface area contributed by atoms with Crippen molar-refractivity contribution < 1.29 is 0 Å². The number of nitrogens with zero attached hydrogens (tertiary/aromatic N) is 2. The van der Waals surface area contributed by atoms with Crippen LogP contribution in [-0.4, -0.2) is 12.6 Å². The number of rotatable bonds is 2. The minimum Gasteiger partial charge on any atom is -0.249 e. The van der Waals surface area contributed by atoms with E-state index in [0.717, 1.165) is 11.5 Å². The predicted octanol–water partition coefficient (Wildman–Crippen LogP) is 2.33. The molecular formula is C11H13N2P. The van der Waals surface area contributed by atoms with Gasteiger partial charge in [-0.3, -0.25) is 0 Å². The standard InChI is InChI=1S/C11H13N2P/c1-12-11(8-2-3-8)13-9-4-6-10(14)7-5-9/h4-8H,1-3,14H2/b13-11-. The number of aliphatic imine (C=N–C) groups is 2. The summed E-state index contributed by atoms with van der Waals surface area (Å²) in [6.07, 6.45) is 2.42. The molecule has 2 nitrogen and oxygen atoms in total. The molecule has 14 heavy (non-hydrogen) atoms. The highest BCUT2D eigenvalue weighted by molar-refractivity contribution is 7.27. The van der Waals surface area contributed by atoms with E-state index in [-0.39, 0.29) is 0 Å². The van der Waals surface area contributed by atoms with Gasteiger partial charge in [-0.2, -0.15) is 0 Å². The Morgan fingerprint density at radius 1 is 1.29 bits per heavy atom. The van der Waals surface area contributed by atoms with E-state index in [2.05, 4.69) is 25.9 Å². The van der Waals surface area contributed by atoms with E-state index in [4.69, 9.17) is 0 Å². The summed E-state index contributed by atoms with van der Waals surface area (Å²) in [4.78, 5) is 8.42. The largest absolute Gasteiger partial charge is 0.249 e. The number of benzene rings is 1. The summed E-state index contributed by atoms with van der Waals surface area (Å²) in [5, 5.41) is 1.17. The molecule has 2 rings (SSSR count). The maximum absolute atomic E-state index is 4.46. The van der Waals surface area contributed by atoms with Crippen molar-refractivity contribution in [2.75, 3.05) is 0 Å². The summed E-state index contributed by atoms with van der Waals surface area (Å²) in [5.74, 6) is 1.45. The molecule has 0 spiro atoms. The van der Waals surface area contributed by atoms with E-state index in [1.807, 2.05) is 24.3 Å².